The third-order valence-corrected chi connectivity index (χ3v) is 6.56. The minimum Gasteiger partial charge on any atom is -0.468 e. The van der Waals surface area contributed by atoms with Gasteiger partial charge >= 0.3 is 12.1 Å². The molecule has 0 bridgehead atoms. The number of methoxy groups -OCH3 is 1. The third kappa shape index (κ3) is 9.39. The number of carbonyl (C=O) groups excluding carboxylic acids is 4. The van der Waals surface area contributed by atoms with Gasteiger partial charge in [0.2, 0.25) is 11.8 Å². The molecule has 218 valence electrons. The quantitative estimate of drug-likeness (QED) is 0.397. The molecule has 2 N–H and O–H groups in total. The van der Waals surface area contributed by atoms with Crippen LogP contribution in [0.1, 0.15) is 70.7 Å². The average Bonchev–Trinajstić information content (AvgIpc) is 2.89. The maximum absolute atomic E-state index is 14.5. The lowest BCUT2D eigenvalue weighted by atomic mass is 9.91. The molecule has 2 aromatic rings. The molecule has 40 heavy (non-hydrogen) atoms. The number of rotatable bonds is 11. The number of hydrogen-bond donors (Lipinski definition) is 2. The van der Waals surface area contributed by atoms with Gasteiger partial charge in [-0.3, -0.25) is 14.4 Å². The Kier molecular flexibility index (Phi) is 11.3. The summed E-state index contributed by atoms with van der Waals surface area (Å²) < 4.78 is 10.2. The fraction of sp³-hybridized carbons (Fsp3) is 0.484. The van der Waals surface area contributed by atoms with Crippen molar-refractivity contribution in [1.29, 1.82) is 0 Å². The van der Waals surface area contributed by atoms with Gasteiger partial charge in [0.25, 0.3) is 0 Å². The summed E-state index contributed by atoms with van der Waals surface area (Å²) in [4.78, 5) is 54.5. The van der Waals surface area contributed by atoms with Gasteiger partial charge in [-0.05, 0) is 59.1 Å². The Bertz CT molecular complexity index is 1160. The highest BCUT2D eigenvalue weighted by Crippen LogP contribution is 2.32. The molecule has 0 saturated carbocycles. The normalized spacial score (nSPS) is 13.0. The van der Waals surface area contributed by atoms with E-state index in [0.717, 1.165) is 11.1 Å². The molecule has 0 heterocycles. The number of alkyl carbamates (subject to hydrolysis) is 1. The average molecular weight is 554 g/mol. The van der Waals surface area contributed by atoms with Crippen molar-refractivity contribution in [3.05, 3.63) is 71.3 Å². The van der Waals surface area contributed by atoms with Crippen molar-refractivity contribution in [1.82, 2.24) is 15.5 Å². The van der Waals surface area contributed by atoms with E-state index in [9.17, 15) is 19.2 Å². The van der Waals surface area contributed by atoms with E-state index in [4.69, 9.17) is 9.47 Å². The molecule has 9 nitrogen and oxygen atoms in total. The molecule has 0 aliphatic carbocycles. The molecule has 0 radical (unpaired) electrons. The number of amides is 3. The second-order valence-corrected chi connectivity index (χ2v) is 11.4. The van der Waals surface area contributed by atoms with Crippen molar-refractivity contribution in [3.63, 3.8) is 0 Å². The Morgan fingerprint density at radius 3 is 2.05 bits per heavy atom. The highest BCUT2D eigenvalue weighted by molar-refractivity contribution is 5.93. The number of esters is 1. The van der Waals surface area contributed by atoms with Crippen LogP contribution >= 0.6 is 0 Å². The molecule has 0 fully saturated rings. The number of aryl methyl sites for hydroxylation is 1. The SMILES string of the molecule is CCC(C)(C)N(C(=O)C(Cc1ccccc1)NC(=O)OC(C)(C)C)C(C(=O)NCC(=O)OC)c1ccc(C)cc1. The van der Waals surface area contributed by atoms with Crippen LogP contribution in [0, 0.1) is 6.92 Å². The smallest absolute Gasteiger partial charge is 0.408 e. The van der Waals surface area contributed by atoms with Crippen molar-refractivity contribution in [2.45, 2.75) is 84.5 Å². The minimum atomic E-state index is -1.09. The van der Waals surface area contributed by atoms with Crippen LogP contribution < -0.4 is 10.6 Å². The maximum atomic E-state index is 14.5. The Balaban J connectivity index is 2.63. The predicted molar refractivity (Wildman–Crippen MR) is 153 cm³/mol. The van der Waals surface area contributed by atoms with E-state index >= 15 is 0 Å². The van der Waals surface area contributed by atoms with Crippen LogP contribution in [0.15, 0.2) is 54.6 Å². The summed E-state index contributed by atoms with van der Waals surface area (Å²) in [5, 5.41) is 5.37. The van der Waals surface area contributed by atoms with E-state index in [1.165, 1.54) is 12.0 Å². The van der Waals surface area contributed by atoms with Crippen LogP contribution in [0.3, 0.4) is 0 Å². The van der Waals surface area contributed by atoms with Gasteiger partial charge in [0, 0.05) is 12.0 Å². The van der Waals surface area contributed by atoms with Gasteiger partial charge in [-0.2, -0.15) is 0 Å². The number of hydrogen-bond acceptors (Lipinski definition) is 6. The van der Waals surface area contributed by atoms with E-state index in [1.807, 2.05) is 70.2 Å². The van der Waals surface area contributed by atoms with Gasteiger partial charge in [-0.15, -0.1) is 0 Å². The van der Waals surface area contributed by atoms with E-state index in [2.05, 4.69) is 10.6 Å². The molecule has 2 unspecified atom stereocenters. The second kappa shape index (κ2) is 14.0. The lowest BCUT2D eigenvalue weighted by Crippen LogP contribution is -2.60. The van der Waals surface area contributed by atoms with Crippen molar-refractivity contribution < 1.29 is 28.7 Å². The summed E-state index contributed by atoms with van der Waals surface area (Å²) in [7, 11) is 1.23. The second-order valence-electron chi connectivity index (χ2n) is 11.4. The predicted octanol–water partition coefficient (Wildman–Crippen LogP) is 4.48. The first-order chi connectivity index (χ1) is 18.7. The lowest BCUT2D eigenvalue weighted by Gasteiger charge is -2.44. The van der Waals surface area contributed by atoms with E-state index in [-0.39, 0.29) is 13.0 Å². The topological polar surface area (TPSA) is 114 Å². The summed E-state index contributed by atoms with van der Waals surface area (Å²) in [6.07, 6.45) is -0.0479. The molecule has 2 atom stereocenters. The Morgan fingerprint density at radius 2 is 1.52 bits per heavy atom. The number of nitrogens with zero attached hydrogens (tertiary/aromatic N) is 1. The van der Waals surface area contributed by atoms with Crippen LogP contribution in [0.25, 0.3) is 0 Å². The van der Waals surface area contributed by atoms with Crippen LogP contribution in [-0.4, -0.2) is 59.6 Å². The van der Waals surface area contributed by atoms with Crippen LogP contribution in [-0.2, 0) is 30.3 Å². The summed E-state index contributed by atoms with van der Waals surface area (Å²) in [5.41, 5.74) is 0.788. The first-order valence-corrected chi connectivity index (χ1v) is 13.5. The van der Waals surface area contributed by atoms with Crippen LogP contribution in [0.5, 0.6) is 0 Å². The zero-order valence-corrected chi connectivity index (χ0v) is 24.9. The minimum absolute atomic E-state index is 0.180. The van der Waals surface area contributed by atoms with Crippen molar-refractivity contribution in [3.8, 4) is 0 Å². The largest absolute Gasteiger partial charge is 0.468 e. The van der Waals surface area contributed by atoms with Gasteiger partial charge < -0.3 is 25.0 Å². The van der Waals surface area contributed by atoms with Gasteiger partial charge in [-0.25, -0.2) is 4.79 Å². The van der Waals surface area contributed by atoms with Gasteiger partial charge in [0.15, 0.2) is 0 Å². The molecule has 9 heteroatoms. The van der Waals surface area contributed by atoms with Crippen molar-refractivity contribution >= 4 is 23.9 Å². The Labute approximate surface area is 237 Å². The van der Waals surface area contributed by atoms with Gasteiger partial charge in [0.1, 0.15) is 24.2 Å². The molecule has 0 aromatic heterocycles. The summed E-state index contributed by atoms with van der Waals surface area (Å²) in [5.74, 6) is -1.61. The van der Waals surface area contributed by atoms with Gasteiger partial charge in [-0.1, -0.05) is 67.1 Å². The Hall–Kier alpha value is -3.88. The Morgan fingerprint density at radius 1 is 0.925 bits per heavy atom. The summed E-state index contributed by atoms with van der Waals surface area (Å²) in [6.45, 7) is 12.5. The van der Waals surface area contributed by atoms with E-state index in [1.54, 1.807) is 32.9 Å². The highest BCUT2D eigenvalue weighted by Gasteiger charge is 2.43. The standard InChI is InChI=1S/C31H43N3O6/c1-9-31(6,7)34(26(23-17-15-21(2)16-18-23)27(36)32-20-25(35)39-8)28(37)24(19-22-13-11-10-12-14-22)33-29(38)40-30(3,4)5/h10-18,24,26H,9,19-20H2,1-8H3,(H,32,36)(H,33,38). The van der Waals surface area contributed by atoms with Crippen LogP contribution in [0.4, 0.5) is 4.79 Å². The monoisotopic (exact) mass is 553 g/mol. The molecular formula is C31H43N3O6. The zero-order chi connectivity index (χ0) is 30.1. The number of carbonyl (C=O) groups is 4. The molecule has 0 saturated heterocycles. The van der Waals surface area contributed by atoms with Gasteiger partial charge in [0.05, 0.1) is 7.11 Å². The summed E-state index contributed by atoms with van der Waals surface area (Å²) >= 11 is 0. The number of benzene rings is 2. The molecule has 2 aromatic carbocycles. The zero-order valence-electron chi connectivity index (χ0n) is 24.9. The number of ether oxygens (including phenoxy) is 2. The summed E-state index contributed by atoms with van der Waals surface area (Å²) in [6, 6.07) is 14.5. The first kappa shape index (κ1) is 32.3. The molecule has 2 rings (SSSR count). The fourth-order valence-corrected chi connectivity index (χ4v) is 4.11. The van der Waals surface area contributed by atoms with E-state index < -0.39 is 47.1 Å². The maximum Gasteiger partial charge on any atom is 0.408 e. The van der Waals surface area contributed by atoms with Crippen LogP contribution in [0.2, 0.25) is 0 Å². The van der Waals surface area contributed by atoms with Crippen molar-refractivity contribution in [2.75, 3.05) is 13.7 Å². The number of nitrogens with one attached hydrogen (secondary N) is 2. The fourth-order valence-electron chi connectivity index (χ4n) is 4.11. The van der Waals surface area contributed by atoms with Crippen molar-refractivity contribution in [2.24, 2.45) is 0 Å². The van der Waals surface area contributed by atoms with E-state index in [0.29, 0.717) is 12.0 Å². The molecule has 3 amide bonds. The molecule has 0 aliphatic heterocycles. The lowest BCUT2D eigenvalue weighted by molar-refractivity contribution is -0.150. The molecular weight excluding hydrogens is 510 g/mol. The third-order valence-electron chi connectivity index (χ3n) is 6.56. The highest BCUT2D eigenvalue weighted by atomic mass is 16.6. The first-order valence-electron chi connectivity index (χ1n) is 13.5. The molecule has 0 spiro atoms. The molecule has 0 aliphatic rings.